The maximum absolute atomic E-state index is 11.6. The molecule has 1 rings (SSSR count). The van der Waals surface area contributed by atoms with Gasteiger partial charge in [0.1, 0.15) is 0 Å². The summed E-state index contributed by atoms with van der Waals surface area (Å²) in [7, 11) is 1.60. The number of amides is 1. The summed E-state index contributed by atoms with van der Waals surface area (Å²) in [6.45, 7) is 2.58. The Balaban J connectivity index is 2.40. The third-order valence-electron chi connectivity index (χ3n) is 2.20. The van der Waals surface area contributed by atoms with Gasteiger partial charge in [0.2, 0.25) is 5.91 Å². The Labute approximate surface area is 120 Å². The van der Waals surface area contributed by atoms with Crippen molar-refractivity contribution in [3.63, 3.8) is 0 Å². The van der Waals surface area contributed by atoms with Crippen molar-refractivity contribution in [1.29, 1.82) is 0 Å². The van der Waals surface area contributed by atoms with Gasteiger partial charge < -0.3 is 15.4 Å². The highest BCUT2D eigenvalue weighted by atomic mass is 79.9. The van der Waals surface area contributed by atoms with Gasteiger partial charge in [0, 0.05) is 23.3 Å². The third kappa shape index (κ3) is 5.25. The van der Waals surface area contributed by atoms with Crippen molar-refractivity contribution in [2.24, 2.45) is 0 Å². The second-order valence-electron chi connectivity index (χ2n) is 3.91. The lowest BCUT2D eigenvalue weighted by atomic mass is 10.3. The van der Waals surface area contributed by atoms with E-state index in [4.69, 9.17) is 16.3 Å². The summed E-state index contributed by atoms with van der Waals surface area (Å²) < 4.78 is 5.77. The monoisotopic (exact) mass is 334 g/mol. The number of halogens is 2. The molecule has 18 heavy (non-hydrogen) atoms. The lowest BCUT2D eigenvalue weighted by molar-refractivity contribution is -0.120. The van der Waals surface area contributed by atoms with Gasteiger partial charge in [-0.1, -0.05) is 11.6 Å². The number of rotatable bonds is 6. The number of carbonyl (C=O) groups is 1. The minimum absolute atomic E-state index is 0.00203. The molecule has 1 unspecified atom stereocenters. The van der Waals surface area contributed by atoms with Gasteiger partial charge in [-0.15, -0.1) is 0 Å². The van der Waals surface area contributed by atoms with Crippen LogP contribution in [0.4, 0.5) is 5.69 Å². The van der Waals surface area contributed by atoms with Crippen molar-refractivity contribution in [3.05, 3.63) is 27.7 Å². The first kappa shape index (κ1) is 15.3. The molecule has 0 fully saturated rings. The van der Waals surface area contributed by atoms with E-state index in [1.165, 1.54) is 0 Å². The van der Waals surface area contributed by atoms with E-state index in [9.17, 15) is 4.79 Å². The Morgan fingerprint density at radius 2 is 2.28 bits per heavy atom. The van der Waals surface area contributed by atoms with E-state index in [-0.39, 0.29) is 18.5 Å². The highest BCUT2D eigenvalue weighted by molar-refractivity contribution is 9.10. The molecule has 0 heterocycles. The number of nitrogens with one attached hydrogen (secondary N) is 2. The number of anilines is 1. The van der Waals surface area contributed by atoms with Crippen LogP contribution in [0, 0.1) is 0 Å². The molecule has 0 saturated carbocycles. The first-order valence-corrected chi connectivity index (χ1v) is 6.67. The number of methoxy groups -OCH3 is 1. The van der Waals surface area contributed by atoms with Crippen LogP contribution in [-0.4, -0.2) is 32.2 Å². The van der Waals surface area contributed by atoms with E-state index in [0.717, 1.165) is 10.2 Å². The third-order valence-corrected chi connectivity index (χ3v) is 3.43. The Hall–Kier alpha value is -0.780. The number of ether oxygens (including phenoxy) is 1. The molecule has 0 aliphatic rings. The number of hydrogen-bond donors (Lipinski definition) is 2. The van der Waals surface area contributed by atoms with Crippen molar-refractivity contribution >= 4 is 39.1 Å². The van der Waals surface area contributed by atoms with E-state index >= 15 is 0 Å². The summed E-state index contributed by atoms with van der Waals surface area (Å²) in [4.78, 5) is 11.6. The molecule has 1 aromatic carbocycles. The van der Waals surface area contributed by atoms with Crippen molar-refractivity contribution in [2.45, 2.75) is 13.0 Å². The Bertz CT molecular complexity index is 415. The molecule has 0 aromatic heterocycles. The van der Waals surface area contributed by atoms with Gasteiger partial charge in [0.25, 0.3) is 0 Å². The molecular formula is C12H16BrClN2O2. The predicted molar refractivity (Wildman–Crippen MR) is 77.1 cm³/mol. The highest BCUT2D eigenvalue weighted by Crippen LogP contribution is 2.25. The molecule has 0 spiro atoms. The van der Waals surface area contributed by atoms with Crippen molar-refractivity contribution in [3.8, 4) is 0 Å². The molecule has 4 nitrogen and oxygen atoms in total. The molecule has 0 aliphatic carbocycles. The second-order valence-corrected chi connectivity index (χ2v) is 5.17. The summed E-state index contributed by atoms with van der Waals surface area (Å²) >= 11 is 9.26. The number of carbonyl (C=O) groups excluding carboxylic acids is 1. The summed E-state index contributed by atoms with van der Waals surface area (Å²) in [6, 6.07) is 5.44. The summed E-state index contributed by atoms with van der Waals surface area (Å²) in [5, 5.41) is 6.41. The van der Waals surface area contributed by atoms with Gasteiger partial charge in [0.05, 0.1) is 18.2 Å². The molecule has 0 radical (unpaired) electrons. The predicted octanol–water partition coefficient (Wildman–Crippen LogP) is 2.67. The fourth-order valence-corrected chi connectivity index (χ4v) is 1.83. The molecular weight excluding hydrogens is 320 g/mol. The van der Waals surface area contributed by atoms with Crippen LogP contribution in [0.1, 0.15) is 6.92 Å². The van der Waals surface area contributed by atoms with E-state index < -0.39 is 0 Å². The van der Waals surface area contributed by atoms with Gasteiger partial charge in [-0.25, -0.2) is 0 Å². The van der Waals surface area contributed by atoms with Crippen LogP contribution in [0.25, 0.3) is 0 Å². The standard InChI is InChI=1S/C12H16BrClN2O2/c1-8(7-18-2)16-12(17)6-15-9-3-4-10(13)11(14)5-9/h3-5,8,15H,6-7H2,1-2H3,(H,16,17). The molecule has 1 aromatic rings. The largest absolute Gasteiger partial charge is 0.383 e. The van der Waals surface area contributed by atoms with Gasteiger partial charge in [0.15, 0.2) is 0 Å². The summed E-state index contributed by atoms with van der Waals surface area (Å²) in [5.41, 5.74) is 0.803. The van der Waals surface area contributed by atoms with Crippen molar-refractivity contribution in [1.82, 2.24) is 5.32 Å². The van der Waals surface area contributed by atoms with Gasteiger partial charge in [-0.2, -0.15) is 0 Å². The van der Waals surface area contributed by atoms with Gasteiger partial charge in [-0.3, -0.25) is 4.79 Å². The zero-order valence-corrected chi connectivity index (χ0v) is 12.6. The van der Waals surface area contributed by atoms with Gasteiger partial charge >= 0.3 is 0 Å². The van der Waals surface area contributed by atoms with Crippen LogP contribution < -0.4 is 10.6 Å². The zero-order valence-electron chi connectivity index (χ0n) is 10.3. The van der Waals surface area contributed by atoms with E-state index in [0.29, 0.717) is 11.6 Å². The minimum atomic E-state index is -0.0846. The molecule has 1 amide bonds. The Kier molecular flexibility index (Phi) is 6.46. The normalized spacial score (nSPS) is 12.0. The van der Waals surface area contributed by atoms with Crippen LogP contribution in [0.15, 0.2) is 22.7 Å². The second kappa shape index (κ2) is 7.61. The molecule has 0 saturated heterocycles. The van der Waals surface area contributed by atoms with Crippen molar-refractivity contribution < 1.29 is 9.53 Å². The Morgan fingerprint density at radius 1 is 1.56 bits per heavy atom. The van der Waals surface area contributed by atoms with E-state index in [1.54, 1.807) is 13.2 Å². The van der Waals surface area contributed by atoms with Crippen LogP contribution in [-0.2, 0) is 9.53 Å². The Morgan fingerprint density at radius 3 is 2.89 bits per heavy atom. The van der Waals surface area contributed by atoms with Crippen LogP contribution >= 0.6 is 27.5 Å². The van der Waals surface area contributed by atoms with Crippen molar-refractivity contribution in [2.75, 3.05) is 25.6 Å². The fourth-order valence-electron chi connectivity index (χ4n) is 1.41. The lowest BCUT2D eigenvalue weighted by Gasteiger charge is -2.13. The SMILES string of the molecule is COCC(C)NC(=O)CNc1ccc(Br)c(Cl)c1. The maximum Gasteiger partial charge on any atom is 0.239 e. The first-order chi connectivity index (χ1) is 8.52. The van der Waals surface area contributed by atoms with Crippen LogP contribution in [0.2, 0.25) is 5.02 Å². The van der Waals surface area contributed by atoms with E-state index in [2.05, 4.69) is 26.6 Å². The average Bonchev–Trinajstić information content (AvgIpc) is 2.31. The molecule has 2 N–H and O–H groups in total. The molecule has 6 heteroatoms. The molecule has 1 atom stereocenters. The van der Waals surface area contributed by atoms with Gasteiger partial charge in [-0.05, 0) is 41.1 Å². The molecule has 100 valence electrons. The smallest absolute Gasteiger partial charge is 0.239 e. The molecule has 0 aliphatic heterocycles. The average molecular weight is 336 g/mol. The number of benzene rings is 1. The summed E-state index contributed by atoms with van der Waals surface area (Å²) in [6.07, 6.45) is 0. The van der Waals surface area contributed by atoms with Crippen LogP contribution in [0.5, 0.6) is 0 Å². The number of hydrogen-bond acceptors (Lipinski definition) is 3. The quantitative estimate of drug-likeness (QED) is 0.840. The first-order valence-electron chi connectivity index (χ1n) is 5.50. The fraction of sp³-hybridized carbons (Fsp3) is 0.417. The lowest BCUT2D eigenvalue weighted by Crippen LogP contribution is -2.39. The zero-order chi connectivity index (χ0) is 13.5. The van der Waals surface area contributed by atoms with Crippen LogP contribution in [0.3, 0.4) is 0 Å². The highest BCUT2D eigenvalue weighted by Gasteiger charge is 2.07. The summed E-state index contributed by atoms with van der Waals surface area (Å²) in [5.74, 6) is -0.0846. The molecule has 0 bridgehead atoms. The minimum Gasteiger partial charge on any atom is -0.383 e. The van der Waals surface area contributed by atoms with E-state index in [1.807, 2.05) is 19.1 Å². The topological polar surface area (TPSA) is 50.4 Å². The maximum atomic E-state index is 11.6.